The van der Waals surface area contributed by atoms with Crippen LogP contribution >= 0.6 is 0 Å². The van der Waals surface area contributed by atoms with E-state index in [4.69, 9.17) is 4.74 Å². The number of aryl methyl sites for hydroxylation is 2. The maximum absolute atomic E-state index is 11.2. The van der Waals surface area contributed by atoms with Gasteiger partial charge in [-0.1, -0.05) is 29.8 Å². The van der Waals surface area contributed by atoms with Gasteiger partial charge in [-0.3, -0.25) is 4.79 Å². The third kappa shape index (κ3) is 2.72. The molecule has 0 atom stereocenters. The summed E-state index contributed by atoms with van der Waals surface area (Å²) >= 11 is 0. The number of carbonyl (C=O) groups excluding carboxylic acids is 1. The van der Waals surface area contributed by atoms with Gasteiger partial charge in [0.1, 0.15) is 12.4 Å². The lowest BCUT2D eigenvalue weighted by atomic mass is 10.1. The standard InChI is InChI=1S/C18H18N2O2/c1-13-7-8-17(14(2)11-13)22-10-9-20-16-6-4-3-5-15(16)19-18(20)12-21/h3-8,11-12H,9-10H2,1-2H3. The first-order chi connectivity index (χ1) is 10.7. The van der Waals surface area contributed by atoms with E-state index in [9.17, 15) is 4.79 Å². The molecule has 22 heavy (non-hydrogen) atoms. The van der Waals surface area contributed by atoms with Crippen molar-refractivity contribution >= 4 is 17.3 Å². The molecule has 112 valence electrons. The molecule has 1 heterocycles. The van der Waals surface area contributed by atoms with E-state index in [1.165, 1.54) is 5.56 Å². The van der Waals surface area contributed by atoms with Crippen LogP contribution in [-0.2, 0) is 6.54 Å². The summed E-state index contributed by atoms with van der Waals surface area (Å²) in [6.45, 7) is 5.17. The largest absolute Gasteiger partial charge is 0.491 e. The fourth-order valence-corrected chi connectivity index (χ4v) is 2.63. The van der Waals surface area contributed by atoms with Gasteiger partial charge in [0.25, 0.3) is 0 Å². The normalized spacial score (nSPS) is 10.8. The predicted octanol–water partition coefficient (Wildman–Crippen LogP) is 3.54. The van der Waals surface area contributed by atoms with Gasteiger partial charge in [-0.15, -0.1) is 0 Å². The zero-order valence-corrected chi connectivity index (χ0v) is 12.7. The van der Waals surface area contributed by atoms with Crippen molar-refractivity contribution in [1.82, 2.24) is 9.55 Å². The van der Waals surface area contributed by atoms with Crippen LogP contribution in [0.5, 0.6) is 5.75 Å². The zero-order chi connectivity index (χ0) is 15.5. The van der Waals surface area contributed by atoms with Gasteiger partial charge in [-0.2, -0.15) is 0 Å². The summed E-state index contributed by atoms with van der Waals surface area (Å²) in [5.41, 5.74) is 4.12. The minimum absolute atomic E-state index is 0.436. The second kappa shape index (κ2) is 6.02. The van der Waals surface area contributed by atoms with Crippen LogP contribution in [0.25, 0.3) is 11.0 Å². The molecule has 0 N–H and O–H groups in total. The lowest BCUT2D eigenvalue weighted by molar-refractivity contribution is 0.111. The molecule has 0 saturated heterocycles. The Kier molecular flexibility index (Phi) is 3.92. The second-order valence-corrected chi connectivity index (χ2v) is 5.35. The van der Waals surface area contributed by atoms with Gasteiger partial charge in [0, 0.05) is 0 Å². The Morgan fingerprint density at radius 1 is 1.18 bits per heavy atom. The smallest absolute Gasteiger partial charge is 0.185 e. The van der Waals surface area contributed by atoms with Crippen molar-refractivity contribution in [3.05, 3.63) is 59.4 Å². The summed E-state index contributed by atoms with van der Waals surface area (Å²) in [7, 11) is 0. The molecule has 2 aromatic carbocycles. The van der Waals surface area contributed by atoms with E-state index in [-0.39, 0.29) is 0 Å². The zero-order valence-electron chi connectivity index (χ0n) is 12.7. The Morgan fingerprint density at radius 3 is 2.77 bits per heavy atom. The number of rotatable bonds is 5. The summed E-state index contributed by atoms with van der Waals surface area (Å²) in [6.07, 6.45) is 0.789. The van der Waals surface area contributed by atoms with Crippen LogP contribution < -0.4 is 4.74 Å². The molecule has 3 rings (SSSR count). The molecule has 0 aliphatic carbocycles. The number of aldehydes is 1. The van der Waals surface area contributed by atoms with Crippen molar-refractivity contribution in [2.24, 2.45) is 0 Å². The highest BCUT2D eigenvalue weighted by atomic mass is 16.5. The molecule has 0 spiro atoms. The maximum Gasteiger partial charge on any atom is 0.185 e. The van der Waals surface area contributed by atoms with Crippen LogP contribution in [0.15, 0.2) is 42.5 Å². The third-order valence-corrected chi connectivity index (χ3v) is 3.69. The Labute approximate surface area is 129 Å². The fourth-order valence-electron chi connectivity index (χ4n) is 2.63. The quantitative estimate of drug-likeness (QED) is 0.676. The van der Waals surface area contributed by atoms with Gasteiger partial charge in [0.05, 0.1) is 17.6 Å². The molecule has 4 nitrogen and oxygen atoms in total. The molecule has 0 aliphatic heterocycles. The van der Waals surface area contributed by atoms with Crippen molar-refractivity contribution in [2.75, 3.05) is 6.61 Å². The number of benzene rings is 2. The van der Waals surface area contributed by atoms with E-state index in [1.807, 2.05) is 47.9 Å². The Bertz CT molecular complexity index is 821. The number of para-hydroxylation sites is 2. The Balaban J connectivity index is 1.78. The minimum atomic E-state index is 0.436. The predicted molar refractivity (Wildman–Crippen MR) is 86.5 cm³/mol. The first-order valence-corrected chi connectivity index (χ1v) is 7.29. The highest BCUT2D eigenvalue weighted by Gasteiger charge is 2.09. The van der Waals surface area contributed by atoms with E-state index in [0.29, 0.717) is 19.0 Å². The van der Waals surface area contributed by atoms with Crippen molar-refractivity contribution in [3.8, 4) is 5.75 Å². The third-order valence-electron chi connectivity index (χ3n) is 3.69. The average molecular weight is 294 g/mol. The molecule has 0 radical (unpaired) electrons. The topological polar surface area (TPSA) is 44.1 Å². The summed E-state index contributed by atoms with van der Waals surface area (Å²) in [5, 5.41) is 0. The van der Waals surface area contributed by atoms with E-state index in [1.54, 1.807) is 0 Å². The lowest BCUT2D eigenvalue weighted by Gasteiger charge is -2.11. The van der Waals surface area contributed by atoms with E-state index in [2.05, 4.69) is 18.0 Å². The summed E-state index contributed by atoms with van der Waals surface area (Å²) in [5.74, 6) is 1.31. The molecule has 0 unspecified atom stereocenters. The number of imidazole rings is 1. The van der Waals surface area contributed by atoms with E-state index in [0.717, 1.165) is 28.6 Å². The molecular formula is C18H18N2O2. The molecule has 4 heteroatoms. The van der Waals surface area contributed by atoms with Gasteiger partial charge >= 0.3 is 0 Å². The highest BCUT2D eigenvalue weighted by molar-refractivity contribution is 5.82. The van der Waals surface area contributed by atoms with Gasteiger partial charge in [0.15, 0.2) is 12.1 Å². The van der Waals surface area contributed by atoms with Crippen molar-refractivity contribution in [3.63, 3.8) is 0 Å². The van der Waals surface area contributed by atoms with E-state index >= 15 is 0 Å². The Hall–Kier alpha value is -2.62. The van der Waals surface area contributed by atoms with Crippen LogP contribution in [-0.4, -0.2) is 22.4 Å². The minimum Gasteiger partial charge on any atom is -0.491 e. The number of ether oxygens (including phenoxy) is 1. The van der Waals surface area contributed by atoms with Gasteiger partial charge in [-0.25, -0.2) is 4.98 Å². The molecule has 0 bridgehead atoms. The number of hydrogen-bond acceptors (Lipinski definition) is 3. The first-order valence-electron chi connectivity index (χ1n) is 7.29. The number of carbonyl (C=O) groups is 1. The molecule has 0 aliphatic rings. The van der Waals surface area contributed by atoms with Crippen molar-refractivity contribution < 1.29 is 9.53 Å². The van der Waals surface area contributed by atoms with Gasteiger partial charge in [-0.05, 0) is 37.6 Å². The van der Waals surface area contributed by atoms with Crippen LogP contribution in [0.3, 0.4) is 0 Å². The second-order valence-electron chi connectivity index (χ2n) is 5.35. The van der Waals surface area contributed by atoms with Crippen LogP contribution in [0.2, 0.25) is 0 Å². The Morgan fingerprint density at radius 2 is 2.00 bits per heavy atom. The molecule has 1 aromatic heterocycles. The number of hydrogen-bond donors (Lipinski definition) is 0. The van der Waals surface area contributed by atoms with Crippen molar-refractivity contribution in [1.29, 1.82) is 0 Å². The van der Waals surface area contributed by atoms with Crippen LogP contribution in [0, 0.1) is 13.8 Å². The molecule has 0 saturated carbocycles. The monoisotopic (exact) mass is 294 g/mol. The lowest BCUT2D eigenvalue weighted by Crippen LogP contribution is -2.11. The number of aromatic nitrogens is 2. The SMILES string of the molecule is Cc1ccc(OCCn2c(C=O)nc3ccccc32)c(C)c1. The maximum atomic E-state index is 11.2. The number of fused-ring (bicyclic) bond motifs is 1. The van der Waals surface area contributed by atoms with Crippen LogP contribution in [0.4, 0.5) is 0 Å². The van der Waals surface area contributed by atoms with Crippen molar-refractivity contribution in [2.45, 2.75) is 20.4 Å². The summed E-state index contributed by atoms with van der Waals surface area (Å²) in [4.78, 5) is 15.5. The highest BCUT2D eigenvalue weighted by Crippen LogP contribution is 2.19. The molecular weight excluding hydrogens is 276 g/mol. The van der Waals surface area contributed by atoms with Gasteiger partial charge in [0.2, 0.25) is 0 Å². The van der Waals surface area contributed by atoms with Gasteiger partial charge < -0.3 is 9.30 Å². The molecule has 0 fully saturated rings. The molecule has 3 aromatic rings. The van der Waals surface area contributed by atoms with Crippen LogP contribution in [0.1, 0.15) is 21.7 Å². The van der Waals surface area contributed by atoms with E-state index < -0.39 is 0 Å². The number of nitrogens with zero attached hydrogens (tertiary/aromatic N) is 2. The summed E-state index contributed by atoms with van der Waals surface area (Å²) in [6, 6.07) is 13.8. The average Bonchev–Trinajstić information content (AvgIpc) is 2.87. The summed E-state index contributed by atoms with van der Waals surface area (Å²) < 4.78 is 7.74. The first kappa shape index (κ1) is 14.3. The molecule has 0 amide bonds. The fraction of sp³-hybridized carbons (Fsp3) is 0.222.